The van der Waals surface area contributed by atoms with E-state index in [9.17, 15) is 4.39 Å². The highest BCUT2D eigenvalue weighted by Gasteiger charge is 2.05. The lowest BCUT2D eigenvalue weighted by atomic mass is 10.2. The molecule has 0 atom stereocenters. The molecule has 2 aromatic rings. The van der Waals surface area contributed by atoms with Crippen molar-refractivity contribution in [1.29, 1.82) is 0 Å². The molecular formula is C15H15BrFNO. The van der Waals surface area contributed by atoms with Crippen molar-refractivity contribution in [2.24, 2.45) is 0 Å². The van der Waals surface area contributed by atoms with Gasteiger partial charge in [0, 0.05) is 19.3 Å². The number of hydrogen-bond donors (Lipinski definition) is 0. The summed E-state index contributed by atoms with van der Waals surface area (Å²) in [7, 11) is 3.65. The number of methoxy groups -OCH3 is 1. The first-order chi connectivity index (χ1) is 9.10. The van der Waals surface area contributed by atoms with Crippen molar-refractivity contribution in [2.75, 3.05) is 19.1 Å². The van der Waals surface area contributed by atoms with E-state index in [4.69, 9.17) is 4.74 Å². The fourth-order valence-electron chi connectivity index (χ4n) is 1.84. The molecule has 0 saturated heterocycles. The molecule has 0 aliphatic carbocycles. The smallest absolute Gasteiger partial charge is 0.137 e. The highest BCUT2D eigenvalue weighted by Crippen LogP contribution is 2.22. The van der Waals surface area contributed by atoms with Gasteiger partial charge >= 0.3 is 0 Å². The lowest BCUT2D eigenvalue weighted by Crippen LogP contribution is -2.16. The quantitative estimate of drug-likeness (QED) is 0.834. The number of benzene rings is 2. The van der Waals surface area contributed by atoms with Gasteiger partial charge in [-0.3, -0.25) is 0 Å². The molecule has 0 N–H and O–H groups in total. The SMILES string of the molecule is COc1ccc(N(C)Cc2ccc(F)c(Br)c2)cc1. The molecule has 2 nitrogen and oxygen atoms in total. The summed E-state index contributed by atoms with van der Waals surface area (Å²) in [5.74, 6) is 0.595. The summed E-state index contributed by atoms with van der Waals surface area (Å²) in [6, 6.07) is 12.9. The largest absolute Gasteiger partial charge is 0.497 e. The van der Waals surface area contributed by atoms with Gasteiger partial charge in [-0.25, -0.2) is 4.39 Å². The van der Waals surface area contributed by atoms with Gasteiger partial charge in [-0.05, 0) is 57.9 Å². The Bertz CT molecular complexity index is 557. The monoisotopic (exact) mass is 323 g/mol. The van der Waals surface area contributed by atoms with E-state index in [0.717, 1.165) is 17.0 Å². The third-order valence-corrected chi connectivity index (χ3v) is 3.52. The molecular weight excluding hydrogens is 309 g/mol. The van der Waals surface area contributed by atoms with Crippen LogP contribution in [0.2, 0.25) is 0 Å². The maximum Gasteiger partial charge on any atom is 0.137 e. The Morgan fingerprint density at radius 2 is 1.84 bits per heavy atom. The van der Waals surface area contributed by atoms with Crippen molar-refractivity contribution < 1.29 is 9.13 Å². The van der Waals surface area contributed by atoms with Crippen LogP contribution in [-0.4, -0.2) is 14.2 Å². The van der Waals surface area contributed by atoms with Gasteiger partial charge in [0.15, 0.2) is 0 Å². The molecule has 4 heteroatoms. The van der Waals surface area contributed by atoms with Crippen molar-refractivity contribution in [2.45, 2.75) is 6.54 Å². The predicted octanol–water partition coefficient (Wildman–Crippen LogP) is 4.23. The fourth-order valence-corrected chi connectivity index (χ4v) is 2.27. The predicted molar refractivity (Wildman–Crippen MR) is 79.2 cm³/mol. The Morgan fingerprint density at radius 3 is 2.42 bits per heavy atom. The maximum absolute atomic E-state index is 13.2. The number of nitrogens with zero attached hydrogens (tertiary/aromatic N) is 1. The van der Waals surface area contributed by atoms with Gasteiger partial charge in [-0.2, -0.15) is 0 Å². The summed E-state index contributed by atoms with van der Waals surface area (Å²) in [6.45, 7) is 0.714. The summed E-state index contributed by atoms with van der Waals surface area (Å²) >= 11 is 3.20. The van der Waals surface area contributed by atoms with Crippen LogP contribution in [0.3, 0.4) is 0 Å². The van der Waals surface area contributed by atoms with Crippen LogP contribution in [0.15, 0.2) is 46.9 Å². The first-order valence-corrected chi connectivity index (χ1v) is 6.68. The maximum atomic E-state index is 13.2. The molecule has 19 heavy (non-hydrogen) atoms. The zero-order valence-corrected chi connectivity index (χ0v) is 12.4. The van der Waals surface area contributed by atoms with Gasteiger partial charge in [0.25, 0.3) is 0 Å². The molecule has 0 unspecified atom stereocenters. The Balaban J connectivity index is 2.10. The minimum atomic E-state index is -0.240. The second-order valence-corrected chi connectivity index (χ2v) is 5.16. The van der Waals surface area contributed by atoms with Crippen molar-refractivity contribution in [3.63, 3.8) is 0 Å². The third-order valence-electron chi connectivity index (χ3n) is 2.92. The zero-order chi connectivity index (χ0) is 13.8. The van der Waals surface area contributed by atoms with E-state index < -0.39 is 0 Å². The normalized spacial score (nSPS) is 10.3. The molecule has 0 aromatic heterocycles. The standard InChI is InChI=1S/C15H15BrFNO/c1-18(12-4-6-13(19-2)7-5-12)10-11-3-8-15(17)14(16)9-11/h3-9H,10H2,1-2H3. The molecule has 0 aliphatic rings. The Kier molecular flexibility index (Phi) is 4.43. The Morgan fingerprint density at radius 1 is 1.16 bits per heavy atom. The minimum Gasteiger partial charge on any atom is -0.497 e. The summed E-state index contributed by atoms with van der Waals surface area (Å²) in [6.07, 6.45) is 0. The Labute approximate surface area is 120 Å². The lowest BCUT2D eigenvalue weighted by Gasteiger charge is -2.20. The zero-order valence-electron chi connectivity index (χ0n) is 10.9. The highest BCUT2D eigenvalue weighted by atomic mass is 79.9. The van der Waals surface area contributed by atoms with Crippen LogP contribution >= 0.6 is 15.9 Å². The number of hydrogen-bond acceptors (Lipinski definition) is 2. The van der Waals surface area contributed by atoms with Crippen LogP contribution in [-0.2, 0) is 6.54 Å². The molecule has 100 valence electrons. The van der Waals surface area contributed by atoms with Crippen LogP contribution in [0.4, 0.5) is 10.1 Å². The van der Waals surface area contributed by atoms with Gasteiger partial charge in [0.1, 0.15) is 11.6 Å². The molecule has 0 amide bonds. The van der Waals surface area contributed by atoms with Gasteiger partial charge in [-0.15, -0.1) is 0 Å². The lowest BCUT2D eigenvalue weighted by molar-refractivity contribution is 0.415. The number of rotatable bonds is 4. The second-order valence-electron chi connectivity index (χ2n) is 4.30. The number of halogens is 2. The highest BCUT2D eigenvalue weighted by molar-refractivity contribution is 9.10. The molecule has 0 aliphatic heterocycles. The van der Waals surface area contributed by atoms with Crippen molar-refractivity contribution in [3.8, 4) is 5.75 Å². The van der Waals surface area contributed by atoms with Gasteiger partial charge < -0.3 is 9.64 Å². The summed E-state index contributed by atoms with van der Waals surface area (Å²) < 4.78 is 18.8. The number of anilines is 1. The molecule has 0 spiro atoms. The second kappa shape index (κ2) is 6.06. The van der Waals surface area contributed by atoms with Crippen LogP contribution in [0.25, 0.3) is 0 Å². The molecule has 0 heterocycles. The van der Waals surface area contributed by atoms with E-state index in [1.54, 1.807) is 19.2 Å². The first kappa shape index (κ1) is 13.9. The van der Waals surface area contributed by atoms with Gasteiger partial charge in [-0.1, -0.05) is 6.07 Å². The first-order valence-electron chi connectivity index (χ1n) is 5.89. The van der Waals surface area contributed by atoms with Gasteiger partial charge in [0.2, 0.25) is 0 Å². The molecule has 0 fully saturated rings. The summed E-state index contributed by atoms with van der Waals surface area (Å²) in [4.78, 5) is 2.10. The van der Waals surface area contributed by atoms with Crippen molar-refractivity contribution in [1.82, 2.24) is 0 Å². The average molecular weight is 324 g/mol. The molecule has 0 saturated carbocycles. The van der Waals surface area contributed by atoms with E-state index in [1.165, 1.54) is 6.07 Å². The molecule has 0 bridgehead atoms. The van der Waals surface area contributed by atoms with Crippen LogP contribution in [0.1, 0.15) is 5.56 Å². The average Bonchev–Trinajstić information content (AvgIpc) is 2.43. The fraction of sp³-hybridized carbons (Fsp3) is 0.200. The third kappa shape index (κ3) is 3.47. The van der Waals surface area contributed by atoms with Crippen molar-refractivity contribution in [3.05, 3.63) is 58.3 Å². The van der Waals surface area contributed by atoms with Crippen LogP contribution in [0, 0.1) is 5.82 Å². The van der Waals surface area contributed by atoms with Crippen LogP contribution < -0.4 is 9.64 Å². The molecule has 2 rings (SSSR count). The molecule has 0 radical (unpaired) electrons. The van der Waals surface area contributed by atoms with E-state index in [2.05, 4.69) is 20.8 Å². The topological polar surface area (TPSA) is 12.5 Å². The number of ether oxygens (including phenoxy) is 1. The van der Waals surface area contributed by atoms with E-state index in [0.29, 0.717) is 11.0 Å². The van der Waals surface area contributed by atoms with Crippen molar-refractivity contribution >= 4 is 21.6 Å². The van der Waals surface area contributed by atoms with Crippen LogP contribution in [0.5, 0.6) is 5.75 Å². The van der Waals surface area contributed by atoms with E-state index >= 15 is 0 Å². The van der Waals surface area contributed by atoms with E-state index in [1.807, 2.05) is 31.3 Å². The molecule has 2 aromatic carbocycles. The summed E-state index contributed by atoms with van der Waals surface area (Å²) in [5, 5.41) is 0. The Hall–Kier alpha value is -1.55. The van der Waals surface area contributed by atoms with E-state index in [-0.39, 0.29) is 5.82 Å². The minimum absolute atomic E-state index is 0.240. The van der Waals surface area contributed by atoms with Gasteiger partial charge in [0.05, 0.1) is 11.6 Å². The summed E-state index contributed by atoms with van der Waals surface area (Å²) in [5.41, 5.74) is 2.13.